The van der Waals surface area contributed by atoms with Crippen LogP contribution in [-0.2, 0) is 16.8 Å². The molecule has 5 heteroatoms. The molecule has 0 bridgehead atoms. The summed E-state index contributed by atoms with van der Waals surface area (Å²) in [6.07, 6.45) is 3.27. The number of ether oxygens (including phenoxy) is 2. The first-order valence-corrected chi connectivity index (χ1v) is 8.85. The summed E-state index contributed by atoms with van der Waals surface area (Å²) in [4.78, 5) is 12.1. The zero-order valence-electron chi connectivity index (χ0n) is 14.8. The Morgan fingerprint density at radius 1 is 1.08 bits per heavy atom. The van der Waals surface area contributed by atoms with Gasteiger partial charge in [-0.2, -0.15) is 0 Å². The van der Waals surface area contributed by atoms with Gasteiger partial charge in [0, 0.05) is 0 Å². The van der Waals surface area contributed by atoms with E-state index < -0.39 is 17.2 Å². The van der Waals surface area contributed by atoms with Crippen LogP contribution in [0.2, 0.25) is 0 Å². The number of hydrogen-bond donors (Lipinski definition) is 1. The van der Waals surface area contributed by atoms with Crippen molar-refractivity contribution >= 4 is 5.97 Å². The molecule has 2 aromatic carbocycles. The smallest absolute Gasteiger partial charge is 0.314 e. The molecule has 4 nitrogen and oxygen atoms in total. The fourth-order valence-corrected chi connectivity index (χ4v) is 3.73. The lowest BCUT2D eigenvalue weighted by Crippen LogP contribution is -2.39. The van der Waals surface area contributed by atoms with Gasteiger partial charge in [-0.15, -0.1) is 0 Å². The molecule has 1 N–H and O–H groups in total. The van der Waals surface area contributed by atoms with Crippen molar-refractivity contribution in [2.45, 2.75) is 44.1 Å². The molecule has 3 rings (SSSR count). The molecule has 0 aromatic heterocycles. The van der Waals surface area contributed by atoms with Crippen LogP contribution in [0.3, 0.4) is 0 Å². The van der Waals surface area contributed by atoms with Crippen LogP contribution < -0.4 is 9.47 Å². The second-order valence-corrected chi connectivity index (χ2v) is 6.68. The van der Waals surface area contributed by atoms with Crippen LogP contribution >= 0.6 is 0 Å². The van der Waals surface area contributed by atoms with Gasteiger partial charge in [-0.05, 0) is 30.5 Å². The number of carboxylic acid groups (broad SMARTS) is 1. The Bertz CT molecular complexity index is 767. The summed E-state index contributed by atoms with van der Waals surface area (Å²) in [5.74, 6) is -1.33. The zero-order valence-corrected chi connectivity index (χ0v) is 14.8. The molecule has 0 atom stereocenters. The maximum absolute atomic E-state index is 15.3. The van der Waals surface area contributed by atoms with Gasteiger partial charge in [0.05, 0.1) is 18.1 Å². The molecule has 0 aliphatic heterocycles. The van der Waals surface area contributed by atoms with Gasteiger partial charge < -0.3 is 14.6 Å². The summed E-state index contributed by atoms with van der Waals surface area (Å²) in [7, 11) is 1.43. The maximum atomic E-state index is 15.3. The highest BCUT2D eigenvalue weighted by atomic mass is 19.1. The van der Waals surface area contributed by atoms with Crippen LogP contribution in [0.25, 0.3) is 0 Å². The second kappa shape index (κ2) is 7.77. The molecule has 0 heterocycles. The largest absolute Gasteiger partial charge is 0.496 e. The van der Waals surface area contributed by atoms with E-state index in [1.807, 2.05) is 30.3 Å². The Balaban J connectivity index is 1.99. The van der Waals surface area contributed by atoms with E-state index in [-0.39, 0.29) is 23.7 Å². The minimum Gasteiger partial charge on any atom is -0.496 e. The van der Waals surface area contributed by atoms with Crippen molar-refractivity contribution in [1.29, 1.82) is 0 Å². The van der Waals surface area contributed by atoms with E-state index in [1.54, 1.807) is 6.07 Å². The van der Waals surface area contributed by atoms with Crippen LogP contribution in [0.4, 0.5) is 4.39 Å². The third kappa shape index (κ3) is 3.39. The summed E-state index contributed by atoms with van der Waals surface area (Å²) in [5, 5.41) is 9.92. The standard InChI is InChI=1S/C21H23FO4/c1-25-16-10-11-17(26-14-15-8-4-2-5-9-15)19(22)18(16)21(20(23)24)12-6-3-7-13-21/h2,4-5,8-11H,3,6-7,12-14H2,1H3,(H,23,24). The van der Waals surface area contributed by atoms with E-state index in [4.69, 9.17) is 9.47 Å². The first kappa shape index (κ1) is 18.2. The molecular weight excluding hydrogens is 335 g/mol. The van der Waals surface area contributed by atoms with E-state index in [9.17, 15) is 9.90 Å². The molecular formula is C21H23FO4. The highest BCUT2D eigenvalue weighted by Gasteiger charge is 2.46. The van der Waals surface area contributed by atoms with Gasteiger partial charge in [0.25, 0.3) is 0 Å². The first-order chi connectivity index (χ1) is 12.6. The summed E-state index contributed by atoms with van der Waals surface area (Å²) in [6.45, 7) is 0.212. The van der Waals surface area contributed by atoms with Crippen molar-refractivity contribution in [3.63, 3.8) is 0 Å². The lowest BCUT2D eigenvalue weighted by molar-refractivity contribution is -0.145. The van der Waals surface area contributed by atoms with Gasteiger partial charge in [0.2, 0.25) is 0 Å². The maximum Gasteiger partial charge on any atom is 0.314 e. The van der Waals surface area contributed by atoms with Gasteiger partial charge in [0.1, 0.15) is 12.4 Å². The van der Waals surface area contributed by atoms with E-state index >= 15 is 4.39 Å². The normalized spacial score (nSPS) is 16.1. The number of benzene rings is 2. The third-order valence-electron chi connectivity index (χ3n) is 5.12. The summed E-state index contributed by atoms with van der Waals surface area (Å²) < 4.78 is 26.3. The molecule has 0 saturated heterocycles. The summed E-state index contributed by atoms with van der Waals surface area (Å²) >= 11 is 0. The van der Waals surface area contributed by atoms with Crippen LogP contribution in [0.5, 0.6) is 11.5 Å². The number of hydrogen-bond acceptors (Lipinski definition) is 3. The van der Waals surface area contributed by atoms with Crippen molar-refractivity contribution in [3.05, 3.63) is 59.4 Å². The molecule has 0 unspecified atom stereocenters. The average molecular weight is 358 g/mol. The minimum absolute atomic E-state index is 0.0517. The number of aliphatic carboxylic acids is 1. The topological polar surface area (TPSA) is 55.8 Å². The monoisotopic (exact) mass is 358 g/mol. The van der Waals surface area contributed by atoms with Crippen molar-refractivity contribution in [2.24, 2.45) is 0 Å². The predicted molar refractivity (Wildman–Crippen MR) is 96.1 cm³/mol. The Labute approximate surface area is 152 Å². The van der Waals surface area contributed by atoms with Crippen molar-refractivity contribution < 1.29 is 23.8 Å². The van der Waals surface area contributed by atoms with Gasteiger partial charge in [-0.3, -0.25) is 4.79 Å². The summed E-state index contributed by atoms with van der Waals surface area (Å²) in [5.41, 5.74) is -0.243. The Morgan fingerprint density at radius 2 is 1.73 bits per heavy atom. The van der Waals surface area contributed by atoms with Gasteiger partial charge in [0.15, 0.2) is 11.6 Å². The molecule has 1 saturated carbocycles. The van der Waals surface area contributed by atoms with E-state index in [0.29, 0.717) is 12.8 Å². The molecule has 26 heavy (non-hydrogen) atoms. The molecule has 138 valence electrons. The Kier molecular flexibility index (Phi) is 5.45. The van der Waals surface area contributed by atoms with E-state index in [0.717, 1.165) is 24.8 Å². The van der Waals surface area contributed by atoms with Crippen LogP contribution in [0.15, 0.2) is 42.5 Å². The highest BCUT2D eigenvalue weighted by Crippen LogP contribution is 2.46. The van der Waals surface area contributed by atoms with Crippen LogP contribution in [0, 0.1) is 5.82 Å². The number of rotatable bonds is 6. The van der Waals surface area contributed by atoms with Crippen molar-refractivity contribution in [3.8, 4) is 11.5 Å². The molecule has 1 aliphatic carbocycles. The minimum atomic E-state index is -1.26. The predicted octanol–water partition coefficient (Wildman–Crippen LogP) is 4.70. The fraction of sp³-hybridized carbons (Fsp3) is 0.381. The fourth-order valence-electron chi connectivity index (χ4n) is 3.73. The average Bonchev–Trinajstić information content (AvgIpc) is 2.68. The van der Waals surface area contributed by atoms with Crippen LogP contribution in [-0.4, -0.2) is 18.2 Å². The third-order valence-corrected chi connectivity index (χ3v) is 5.12. The molecule has 0 radical (unpaired) electrons. The first-order valence-electron chi connectivity index (χ1n) is 8.85. The second-order valence-electron chi connectivity index (χ2n) is 6.68. The lowest BCUT2D eigenvalue weighted by atomic mass is 9.69. The van der Waals surface area contributed by atoms with Crippen LogP contribution in [0.1, 0.15) is 43.2 Å². The number of halogens is 1. The zero-order chi connectivity index (χ0) is 18.6. The molecule has 1 fully saturated rings. The van der Waals surface area contributed by atoms with E-state index in [2.05, 4.69) is 0 Å². The lowest BCUT2D eigenvalue weighted by Gasteiger charge is -2.35. The van der Waals surface area contributed by atoms with E-state index in [1.165, 1.54) is 13.2 Å². The van der Waals surface area contributed by atoms with Crippen molar-refractivity contribution in [1.82, 2.24) is 0 Å². The molecule has 0 spiro atoms. The number of carboxylic acids is 1. The van der Waals surface area contributed by atoms with Crippen molar-refractivity contribution in [2.75, 3.05) is 7.11 Å². The number of methoxy groups -OCH3 is 1. The number of carbonyl (C=O) groups is 1. The highest BCUT2D eigenvalue weighted by molar-refractivity contribution is 5.83. The SMILES string of the molecule is COc1ccc(OCc2ccccc2)c(F)c1C1(C(=O)O)CCCCC1. The molecule has 2 aromatic rings. The molecule has 0 amide bonds. The van der Waals surface area contributed by atoms with Gasteiger partial charge in [-0.1, -0.05) is 49.6 Å². The van der Waals surface area contributed by atoms with Gasteiger partial charge >= 0.3 is 5.97 Å². The van der Waals surface area contributed by atoms with Gasteiger partial charge in [-0.25, -0.2) is 4.39 Å². The Morgan fingerprint density at radius 3 is 2.35 bits per heavy atom. The molecule has 1 aliphatic rings. The Hall–Kier alpha value is -2.56. The quantitative estimate of drug-likeness (QED) is 0.813. The summed E-state index contributed by atoms with van der Waals surface area (Å²) in [6, 6.07) is 12.5.